The van der Waals surface area contributed by atoms with Crippen molar-refractivity contribution in [2.45, 2.75) is 19.9 Å². The van der Waals surface area contributed by atoms with Gasteiger partial charge in [0, 0.05) is 36.3 Å². The van der Waals surface area contributed by atoms with Crippen molar-refractivity contribution in [3.05, 3.63) is 64.9 Å². The fraction of sp³-hybridized carbons (Fsp3) is 0.294. The van der Waals surface area contributed by atoms with Crippen molar-refractivity contribution in [3.8, 4) is 0 Å². The van der Waals surface area contributed by atoms with Gasteiger partial charge in [-0.15, -0.1) is 0 Å². The summed E-state index contributed by atoms with van der Waals surface area (Å²) in [5, 5.41) is 0.650. The quantitative estimate of drug-likeness (QED) is 0.729. The average Bonchev–Trinajstić information content (AvgIpc) is 2.52. The molecular weight excluding hydrogens is 284 g/mol. The van der Waals surface area contributed by atoms with Gasteiger partial charge in [-0.3, -0.25) is 14.7 Å². The summed E-state index contributed by atoms with van der Waals surface area (Å²) in [6.07, 6.45) is 2.30. The van der Waals surface area contributed by atoms with Crippen LogP contribution in [0.25, 0.3) is 0 Å². The van der Waals surface area contributed by atoms with Crippen LogP contribution >= 0.6 is 11.6 Å². The van der Waals surface area contributed by atoms with Crippen LogP contribution in [0.3, 0.4) is 0 Å². The first-order chi connectivity index (χ1) is 10.2. The summed E-state index contributed by atoms with van der Waals surface area (Å²) in [5.41, 5.74) is 1.74. The second-order valence-corrected chi connectivity index (χ2v) is 5.31. The first-order valence-corrected chi connectivity index (χ1v) is 7.48. The molecule has 0 spiro atoms. The zero-order valence-corrected chi connectivity index (χ0v) is 12.9. The van der Waals surface area contributed by atoms with Crippen molar-refractivity contribution < 1.29 is 4.79 Å². The molecule has 0 aliphatic heterocycles. The highest BCUT2D eigenvalue weighted by Crippen LogP contribution is 2.12. The number of nitrogens with zero attached hydrogens (tertiary/aromatic N) is 2. The molecule has 2 aromatic rings. The second kappa shape index (κ2) is 7.91. The molecule has 0 unspecified atom stereocenters. The molecule has 0 aliphatic carbocycles. The van der Waals surface area contributed by atoms with Gasteiger partial charge in [-0.1, -0.05) is 24.6 Å². The summed E-state index contributed by atoms with van der Waals surface area (Å²) in [4.78, 5) is 18.7. The standard InChI is InChI=1S/C17H19ClN2O/c1-2-20(13-16-5-3-4-11-19-16)12-10-17(21)14-6-8-15(18)9-7-14/h3-9,11H,2,10,12-13H2,1H3. The van der Waals surface area contributed by atoms with Crippen LogP contribution in [0.5, 0.6) is 0 Å². The van der Waals surface area contributed by atoms with E-state index in [-0.39, 0.29) is 5.78 Å². The number of halogens is 1. The predicted octanol–water partition coefficient (Wildman–Crippen LogP) is 3.83. The summed E-state index contributed by atoms with van der Waals surface area (Å²) < 4.78 is 0. The maximum Gasteiger partial charge on any atom is 0.164 e. The van der Waals surface area contributed by atoms with Gasteiger partial charge in [0.1, 0.15) is 0 Å². The molecule has 1 heterocycles. The molecule has 4 heteroatoms. The van der Waals surface area contributed by atoms with Crippen LogP contribution in [0.4, 0.5) is 0 Å². The zero-order valence-electron chi connectivity index (χ0n) is 12.1. The van der Waals surface area contributed by atoms with E-state index in [0.29, 0.717) is 17.0 Å². The molecule has 0 aliphatic rings. The highest BCUT2D eigenvalue weighted by Gasteiger charge is 2.10. The zero-order chi connectivity index (χ0) is 15.1. The SMILES string of the molecule is CCN(CCC(=O)c1ccc(Cl)cc1)Cc1ccccn1. The van der Waals surface area contributed by atoms with Crippen LogP contribution in [0, 0.1) is 0 Å². The second-order valence-electron chi connectivity index (χ2n) is 4.87. The van der Waals surface area contributed by atoms with E-state index in [1.807, 2.05) is 18.2 Å². The molecule has 2 rings (SSSR count). The molecule has 1 aromatic carbocycles. The van der Waals surface area contributed by atoms with Gasteiger partial charge in [0.2, 0.25) is 0 Å². The molecule has 21 heavy (non-hydrogen) atoms. The molecule has 0 bridgehead atoms. The van der Waals surface area contributed by atoms with E-state index in [0.717, 1.165) is 25.3 Å². The van der Waals surface area contributed by atoms with Crippen LogP contribution in [-0.4, -0.2) is 28.8 Å². The lowest BCUT2D eigenvalue weighted by Gasteiger charge is -2.19. The number of hydrogen-bond donors (Lipinski definition) is 0. The van der Waals surface area contributed by atoms with E-state index in [2.05, 4.69) is 16.8 Å². The largest absolute Gasteiger partial charge is 0.297 e. The van der Waals surface area contributed by atoms with Crippen LogP contribution in [-0.2, 0) is 6.54 Å². The molecule has 1 aromatic heterocycles. The molecule has 3 nitrogen and oxygen atoms in total. The Balaban J connectivity index is 1.88. The number of Topliss-reactive ketones (excluding diaryl/α,β-unsaturated/α-hetero) is 1. The van der Waals surface area contributed by atoms with Crippen molar-refractivity contribution in [1.82, 2.24) is 9.88 Å². The van der Waals surface area contributed by atoms with E-state index < -0.39 is 0 Å². The number of benzene rings is 1. The molecule has 0 amide bonds. The van der Waals surface area contributed by atoms with E-state index in [4.69, 9.17) is 11.6 Å². The van der Waals surface area contributed by atoms with Crippen molar-refractivity contribution in [3.63, 3.8) is 0 Å². The van der Waals surface area contributed by atoms with Crippen molar-refractivity contribution in [2.75, 3.05) is 13.1 Å². The van der Waals surface area contributed by atoms with E-state index in [1.165, 1.54) is 0 Å². The Morgan fingerprint density at radius 2 is 1.95 bits per heavy atom. The Bertz CT molecular complexity index is 569. The van der Waals surface area contributed by atoms with Gasteiger partial charge in [-0.25, -0.2) is 0 Å². The van der Waals surface area contributed by atoms with E-state index in [9.17, 15) is 4.79 Å². The maximum atomic E-state index is 12.1. The minimum absolute atomic E-state index is 0.145. The number of pyridine rings is 1. The molecule has 0 N–H and O–H groups in total. The fourth-order valence-electron chi connectivity index (χ4n) is 2.11. The number of carbonyl (C=O) groups excluding carboxylic acids is 1. The summed E-state index contributed by atoms with van der Waals surface area (Å²) in [7, 11) is 0. The Morgan fingerprint density at radius 3 is 2.57 bits per heavy atom. The average molecular weight is 303 g/mol. The summed E-state index contributed by atoms with van der Waals surface area (Å²) in [6.45, 7) is 4.49. The summed E-state index contributed by atoms with van der Waals surface area (Å²) >= 11 is 5.83. The monoisotopic (exact) mass is 302 g/mol. The van der Waals surface area contributed by atoms with E-state index >= 15 is 0 Å². The Kier molecular flexibility index (Phi) is 5.90. The van der Waals surface area contributed by atoms with Gasteiger partial charge in [0.15, 0.2) is 5.78 Å². The number of ketones is 1. The van der Waals surface area contributed by atoms with Crippen LogP contribution in [0.2, 0.25) is 5.02 Å². The summed E-state index contributed by atoms with van der Waals surface area (Å²) in [5.74, 6) is 0.145. The fourth-order valence-corrected chi connectivity index (χ4v) is 2.24. The third kappa shape index (κ3) is 4.96. The van der Waals surface area contributed by atoms with E-state index in [1.54, 1.807) is 30.5 Å². The summed E-state index contributed by atoms with van der Waals surface area (Å²) in [6, 6.07) is 12.9. The van der Waals surface area contributed by atoms with Gasteiger partial charge in [0.25, 0.3) is 0 Å². The van der Waals surface area contributed by atoms with Crippen LogP contribution in [0.1, 0.15) is 29.4 Å². The van der Waals surface area contributed by atoms with Gasteiger partial charge >= 0.3 is 0 Å². The number of hydrogen-bond acceptors (Lipinski definition) is 3. The number of aromatic nitrogens is 1. The van der Waals surface area contributed by atoms with Crippen molar-refractivity contribution in [2.24, 2.45) is 0 Å². The third-order valence-electron chi connectivity index (χ3n) is 3.38. The topological polar surface area (TPSA) is 33.2 Å². The highest BCUT2D eigenvalue weighted by molar-refractivity contribution is 6.30. The minimum atomic E-state index is 0.145. The molecular formula is C17H19ClN2O. The molecule has 0 saturated carbocycles. The number of carbonyl (C=O) groups is 1. The Labute approximate surface area is 130 Å². The predicted molar refractivity (Wildman–Crippen MR) is 85.6 cm³/mol. The van der Waals surface area contributed by atoms with Gasteiger partial charge < -0.3 is 0 Å². The molecule has 0 saturated heterocycles. The normalized spacial score (nSPS) is 10.8. The number of rotatable bonds is 7. The Hall–Kier alpha value is -1.71. The van der Waals surface area contributed by atoms with Gasteiger partial charge in [0.05, 0.1) is 5.69 Å². The smallest absolute Gasteiger partial charge is 0.164 e. The Morgan fingerprint density at radius 1 is 1.19 bits per heavy atom. The molecule has 110 valence electrons. The van der Waals surface area contributed by atoms with Crippen molar-refractivity contribution >= 4 is 17.4 Å². The van der Waals surface area contributed by atoms with Gasteiger partial charge in [-0.05, 0) is 42.9 Å². The first kappa shape index (κ1) is 15.7. The molecule has 0 fully saturated rings. The van der Waals surface area contributed by atoms with Crippen LogP contribution < -0.4 is 0 Å². The third-order valence-corrected chi connectivity index (χ3v) is 3.63. The highest BCUT2D eigenvalue weighted by atomic mass is 35.5. The molecule has 0 atom stereocenters. The van der Waals surface area contributed by atoms with Gasteiger partial charge in [-0.2, -0.15) is 0 Å². The lowest BCUT2D eigenvalue weighted by Crippen LogP contribution is -2.26. The molecule has 0 radical (unpaired) electrons. The lowest BCUT2D eigenvalue weighted by molar-refractivity contribution is 0.0963. The lowest BCUT2D eigenvalue weighted by atomic mass is 10.1. The minimum Gasteiger partial charge on any atom is -0.297 e. The maximum absolute atomic E-state index is 12.1. The first-order valence-electron chi connectivity index (χ1n) is 7.10. The van der Waals surface area contributed by atoms with Crippen molar-refractivity contribution in [1.29, 1.82) is 0 Å². The van der Waals surface area contributed by atoms with Crippen LogP contribution in [0.15, 0.2) is 48.7 Å².